The van der Waals surface area contributed by atoms with Crippen LogP contribution in [0.1, 0.15) is 37.4 Å². The van der Waals surface area contributed by atoms with Gasteiger partial charge in [0.2, 0.25) is 5.91 Å². The molecule has 3 rings (SSSR count). The van der Waals surface area contributed by atoms with E-state index >= 15 is 0 Å². The number of hydrogen-bond acceptors (Lipinski definition) is 6. The van der Waals surface area contributed by atoms with Gasteiger partial charge in [-0.1, -0.05) is 6.07 Å². The summed E-state index contributed by atoms with van der Waals surface area (Å²) in [7, 11) is 0. The summed E-state index contributed by atoms with van der Waals surface area (Å²) in [6.07, 6.45) is 2.86. The number of amides is 2. The van der Waals surface area contributed by atoms with Gasteiger partial charge in [-0.2, -0.15) is 0 Å². The zero-order valence-electron chi connectivity index (χ0n) is 16.6. The summed E-state index contributed by atoms with van der Waals surface area (Å²) >= 11 is 0. The van der Waals surface area contributed by atoms with Gasteiger partial charge < -0.3 is 20.9 Å². The highest BCUT2D eigenvalue weighted by Gasteiger charge is 2.35. The first-order valence-electron chi connectivity index (χ1n) is 10.1. The number of rotatable bonds is 7. The highest BCUT2D eigenvalue weighted by Crippen LogP contribution is 2.36. The standard InChI is InChI=1S/C20H28N4O5/c1-2-29-19(26)16(21)11-22-18(25)14-8-12(9-14)10-15-6-5-13-4-3-7-24(20(27)28)17(13)23-15/h5-6,12,14,16H,2-4,7-11,21H2,1H3,(H,22,25)(H,27,28)/t12-,14-,16?. The lowest BCUT2D eigenvalue weighted by molar-refractivity contribution is -0.144. The lowest BCUT2D eigenvalue weighted by atomic mass is 9.72. The Labute approximate surface area is 169 Å². The highest BCUT2D eigenvalue weighted by molar-refractivity contribution is 5.86. The van der Waals surface area contributed by atoms with E-state index in [0.29, 0.717) is 24.7 Å². The van der Waals surface area contributed by atoms with Gasteiger partial charge in [-0.25, -0.2) is 9.78 Å². The smallest absolute Gasteiger partial charge is 0.413 e. The van der Waals surface area contributed by atoms with Gasteiger partial charge in [-0.15, -0.1) is 0 Å². The molecule has 1 fully saturated rings. The number of hydrogen-bond donors (Lipinski definition) is 3. The molecular formula is C20H28N4O5. The van der Waals surface area contributed by atoms with Crippen LogP contribution in [0, 0.1) is 11.8 Å². The summed E-state index contributed by atoms with van der Waals surface area (Å²) in [4.78, 5) is 41.0. The van der Waals surface area contributed by atoms with Crippen LogP contribution in [0.2, 0.25) is 0 Å². The first kappa shape index (κ1) is 21.0. The Balaban J connectivity index is 1.47. The van der Waals surface area contributed by atoms with Gasteiger partial charge in [-0.3, -0.25) is 14.5 Å². The molecule has 1 aromatic rings. The summed E-state index contributed by atoms with van der Waals surface area (Å²) in [5, 5.41) is 12.1. The number of nitrogens with two attached hydrogens (primary N) is 1. The number of aryl methyl sites for hydroxylation is 1. The van der Waals surface area contributed by atoms with Crippen LogP contribution >= 0.6 is 0 Å². The number of fused-ring (bicyclic) bond motifs is 1. The van der Waals surface area contributed by atoms with Crippen LogP contribution < -0.4 is 16.0 Å². The first-order chi connectivity index (χ1) is 13.9. The molecule has 9 heteroatoms. The van der Waals surface area contributed by atoms with Crippen molar-refractivity contribution in [1.82, 2.24) is 10.3 Å². The average molecular weight is 404 g/mol. The summed E-state index contributed by atoms with van der Waals surface area (Å²) in [5.41, 5.74) is 7.50. The maximum Gasteiger partial charge on any atom is 0.413 e. The van der Waals surface area contributed by atoms with E-state index in [9.17, 15) is 19.5 Å². The average Bonchev–Trinajstić information content (AvgIpc) is 2.67. The van der Waals surface area contributed by atoms with Crippen LogP contribution in [-0.2, 0) is 27.2 Å². The van der Waals surface area contributed by atoms with Gasteiger partial charge >= 0.3 is 12.1 Å². The van der Waals surface area contributed by atoms with Crippen LogP contribution in [0.4, 0.5) is 10.6 Å². The van der Waals surface area contributed by atoms with Crippen molar-refractivity contribution in [3.63, 3.8) is 0 Å². The second-order valence-electron chi connectivity index (χ2n) is 7.67. The minimum atomic E-state index is -0.975. The van der Waals surface area contributed by atoms with E-state index in [1.165, 1.54) is 4.90 Å². The van der Waals surface area contributed by atoms with E-state index in [2.05, 4.69) is 10.3 Å². The molecule has 1 unspecified atom stereocenters. The number of ether oxygens (including phenoxy) is 1. The number of esters is 1. The largest absolute Gasteiger partial charge is 0.465 e. The molecule has 2 amide bonds. The summed E-state index contributed by atoms with van der Waals surface area (Å²) < 4.78 is 4.82. The summed E-state index contributed by atoms with van der Waals surface area (Å²) in [5.74, 6) is 0.159. The normalized spacial score (nSPS) is 21.5. The maximum absolute atomic E-state index is 12.2. The molecule has 1 aliphatic carbocycles. The molecule has 2 heterocycles. The Kier molecular flexibility index (Phi) is 6.68. The Hall–Kier alpha value is -2.68. The highest BCUT2D eigenvalue weighted by atomic mass is 16.5. The molecular weight excluding hydrogens is 376 g/mol. The van der Waals surface area contributed by atoms with E-state index in [1.807, 2.05) is 12.1 Å². The van der Waals surface area contributed by atoms with Crippen molar-refractivity contribution in [1.29, 1.82) is 0 Å². The molecule has 1 atom stereocenters. The molecule has 29 heavy (non-hydrogen) atoms. The lowest BCUT2D eigenvalue weighted by Crippen LogP contribution is -2.47. The molecule has 1 aromatic heterocycles. The number of carbonyl (C=O) groups is 3. The fourth-order valence-electron chi connectivity index (χ4n) is 3.88. The molecule has 0 saturated heterocycles. The Morgan fingerprint density at radius 2 is 2.14 bits per heavy atom. The summed E-state index contributed by atoms with van der Waals surface area (Å²) in [6, 6.07) is 3.06. The molecule has 1 saturated carbocycles. The van der Waals surface area contributed by atoms with Crippen molar-refractivity contribution in [2.24, 2.45) is 17.6 Å². The monoisotopic (exact) mass is 404 g/mol. The van der Waals surface area contributed by atoms with Crippen LogP contribution in [0.15, 0.2) is 12.1 Å². The second-order valence-corrected chi connectivity index (χ2v) is 7.67. The van der Waals surface area contributed by atoms with Crippen LogP contribution in [-0.4, -0.2) is 53.8 Å². The van der Waals surface area contributed by atoms with Crippen LogP contribution in [0.25, 0.3) is 0 Å². The Morgan fingerprint density at radius 3 is 2.83 bits per heavy atom. The number of pyridine rings is 1. The predicted molar refractivity (Wildman–Crippen MR) is 105 cm³/mol. The quantitative estimate of drug-likeness (QED) is 0.579. The Morgan fingerprint density at radius 1 is 1.38 bits per heavy atom. The van der Waals surface area contributed by atoms with Gasteiger partial charge in [0.15, 0.2) is 0 Å². The number of nitrogens with zero attached hydrogens (tertiary/aromatic N) is 2. The SMILES string of the molecule is CCOC(=O)C(N)CNC(=O)[C@H]1C[C@H](Cc2ccc3c(n2)N(C(=O)O)CCC3)C1. The third-order valence-electron chi connectivity index (χ3n) is 5.52. The zero-order chi connectivity index (χ0) is 21.0. The van der Waals surface area contributed by atoms with Crippen molar-refractivity contribution in [2.75, 3.05) is 24.6 Å². The van der Waals surface area contributed by atoms with Crippen molar-refractivity contribution < 1.29 is 24.2 Å². The second kappa shape index (κ2) is 9.21. The van der Waals surface area contributed by atoms with Gasteiger partial charge in [-0.05, 0) is 56.6 Å². The molecule has 0 bridgehead atoms. The third kappa shape index (κ3) is 5.03. The van der Waals surface area contributed by atoms with Crippen molar-refractivity contribution in [2.45, 2.75) is 45.1 Å². The van der Waals surface area contributed by atoms with Crippen LogP contribution in [0.3, 0.4) is 0 Å². The third-order valence-corrected chi connectivity index (χ3v) is 5.52. The number of anilines is 1. The minimum absolute atomic E-state index is 0.0657. The van der Waals surface area contributed by atoms with E-state index in [-0.39, 0.29) is 25.0 Å². The fraction of sp³-hybridized carbons (Fsp3) is 0.600. The number of aromatic nitrogens is 1. The van der Waals surface area contributed by atoms with Gasteiger partial charge in [0, 0.05) is 24.7 Å². The predicted octanol–water partition coefficient (Wildman–Crippen LogP) is 1.09. The van der Waals surface area contributed by atoms with E-state index in [0.717, 1.165) is 36.9 Å². The minimum Gasteiger partial charge on any atom is -0.465 e. The molecule has 4 N–H and O–H groups in total. The van der Waals surface area contributed by atoms with Crippen molar-refractivity contribution in [3.05, 3.63) is 23.4 Å². The van der Waals surface area contributed by atoms with Gasteiger partial charge in [0.1, 0.15) is 11.9 Å². The van der Waals surface area contributed by atoms with Gasteiger partial charge in [0.05, 0.1) is 6.61 Å². The van der Waals surface area contributed by atoms with E-state index < -0.39 is 18.1 Å². The van der Waals surface area contributed by atoms with Crippen molar-refractivity contribution >= 4 is 23.8 Å². The van der Waals surface area contributed by atoms with E-state index in [1.54, 1.807) is 6.92 Å². The fourth-order valence-corrected chi connectivity index (χ4v) is 3.88. The molecule has 9 nitrogen and oxygen atoms in total. The maximum atomic E-state index is 12.2. The summed E-state index contributed by atoms with van der Waals surface area (Å²) in [6.45, 7) is 2.49. The zero-order valence-corrected chi connectivity index (χ0v) is 16.6. The van der Waals surface area contributed by atoms with Crippen LogP contribution in [0.5, 0.6) is 0 Å². The number of carbonyl (C=O) groups excluding carboxylic acids is 2. The molecule has 0 radical (unpaired) electrons. The first-order valence-corrected chi connectivity index (χ1v) is 10.1. The number of carboxylic acid groups (broad SMARTS) is 1. The molecule has 1 aliphatic heterocycles. The molecule has 0 aromatic carbocycles. The van der Waals surface area contributed by atoms with Crippen molar-refractivity contribution in [3.8, 4) is 0 Å². The number of nitrogens with one attached hydrogen (secondary N) is 1. The Bertz CT molecular complexity index is 778. The lowest BCUT2D eigenvalue weighted by Gasteiger charge is -2.34. The van der Waals surface area contributed by atoms with E-state index in [4.69, 9.17) is 10.5 Å². The molecule has 2 aliphatic rings. The van der Waals surface area contributed by atoms with Gasteiger partial charge in [0.25, 0.3) is 0 Å². The molecule has 0 spiro atoms. The topological polar surface area (TPSA) is 135 Å². The molecule has 158 valence electrons.